The number of benzene rings is 2. The molecule has 2 heterocycles. The number of nitro benzene ring substituents is 1. The molecule has 1 fully saturated rings. The van der Waals surface area contributed by atoms with E-state index in [0.29, 0.717) is 36.4 Å². The molecule has 0 bridgehead atoms. The Labute approximate surface area is 206 Å². The molecule has 1 atom stereocenters. The molecule has 0 aliphatic carbocycles. The van der Waals surface area contributed by atoms with Crippen LogP contribution in [0.5, 0.6) is 5.75 Å². The first kappa shape index (κ1) is 24.4. The van der Waals surface area contributed by atoms with Gasteiger partial charge < -0.3 is 19.3 Å². The quantitative estimate of drug-likeness (QED) is 0.115. The van der Waals surface area contributed by atoms with Crippen LogP contribution in [0.4, 0.5) is 5.69 Å². The molecule has 10 nitrogen and oxygen atoms in total. The Kier molecular flexibility index (Phi) is 7.24. The number of imidazole rings is 1. The number of aliphatic hydroxyl groups is 1. The van der Waals surface area contributed by atoms with Crippen LogP contribution in [0, 0.1) is 10.1 Å². The summed E-state index contributed by atoms with van der Waals surface area (Å²) in [5.41, 5.74) is 0.370. The van der Waals surface area contributed by atoms with Crippen molar-refractivity contribution in [2.75, 3.05) is 13.2 Å². The zero-order valence-electron chi connectivity index (χ0n) is 19.3. The molecular weight excluding hydrogens is 464 g/mol. The first-order valence-electron chi connectivity index (χ1n) is 11.2. The molecule has 0 spiro atoms. The third kappa shape index (κ3) is 5.02. The number of hydrogen-bond acceptors (Lipinski definition) is 7. The number of nitrogens with zero attached hydrogens (tertiary/aromatic N) is 4. The smallest absolute Gasteiger partial charge is 0.295 e. The maximum Gasteiger partial charge on any atom is 0.295 e. The standard InChI is InChI=1S/C26H24N4O6/c1-2-15-36-21-9-7-18(8-10-21)24(31)22-23(19-5-3-6-20(16-19)30(34)35)29(26(33)25(22)32)13-4-12-28-14-11-27-17-28/h2-3,5-11,14,16-17,23,31H,1,4,12-13,15H2/t23-/m0/s1. The fraction of sp³-hybridized carbons (Fsp3) is 0.192. The molecular formula is C26H24N4O6. The average Bonchev–Trinajstić information content (AvgIpc) is 3.50. The molecule has 10 heteroatoms. The van der Waals surface area contributed by atoms with E-state index in [-0.39, 0.29) is 23.6 Å². The molecule has 1 amide bonds. The summed E-state index contributed by atoms with van der Waals surface area (Å²) in [6.45, 7) is 4.65. The minimum Gasteiger partial charge on any atom is -0.507 e. The summed E-state index contributed by atoms with van der Waals surface area (Å²) in [6.07, 6.45) is 7.18. The third-order valence-electron chi connectivity index (χ3n) is 5.81. The van der Waals surface area contributed by atoms with Gasteiger partial charge in [-0.15, -0.1) is 0 Å². The molecule has 184 valence electrons. The van der Waals surface area contributed by atoms with E-state index in [9.17, 15) is 24.8 Å². The van der Waals surface area contributed by atoms with Crippen molar-refractivity contribution < 1.29 is 24.4 Å². The van der Waals surface area contributed by atoms with Gasteiger partial charge in [-0.25, -0.2) is 4.98 Å². The predicted octanol–water partition coefficient (Wildman–Crippen LogP) is 3.87. The Morgan fingerprint density at radius 3 is 2.64 bits per heavy atom. The Bertz CT molecular complexity index is 1310. The summed E-state index contributed by atoms with van der Waals surface area (Å²) in [6, 6.07) is 11.2. The molecule has 1 saturated heterocycles. The molecule has 0 radical (unpaired) electrons. The number of amides is 1. The second kappa shape index (κ2) is 10.7. The zero-order valence-corrected chi connectivity index (χ0v) is 19.3. The number of likely N-dealkylation sites (tertiary alicyclic amines) is 1. The van der Waals surface area contributed by atoms with Crippen LogP contribution in [0.1, 0.15) is 23.6 Å². The number of ether oxygens (including phenoxy) is 1. The molecule has 3 aromatic rings. The van der Waals surface area contributed by atoms with Crippen molar-refractivity contribution in [3.8, 4) is 5.75 Å². The van der Waals surface area contributed by atoms with Gasteiger partial charge in [-0.05, 0) is 36.2 Å². The average molecular weight is 489 g/mol. The molecule has 1 aliphatic heterocycles. The lowest BCUT2D eigenvalue weighted by Crippen LogP contribution is -2.31. The van der Waals surface area contributed by atoms with Crippen LogP contribution < -0.4 is 4.74 Å². The molecule has 0 unspecified atom stereocenters. The molecule has 0 saturated carbocycles. The Morgan fingerprint density at radius 2 is 1.97 bits per heavy atom. The first-order chi connectivity index (χ1) is 17.4. The van der Waals surface area contributed by atoms with Crippen molar-refractivity contribution in [2.24, 2.45) is 0 Å². The summed E-state index contributed by atoms with van der Waals surface area (Å²) in [5.74, 6) is -1.44. The van der Waals surface area contributed by atoms with Crippen molar-refractivity contribution in [1.82, 2.24) is 14.5 Å². The normalized spacial score (nSPS) is 16.8. The molecule has 4 rings (SSSR count). The van der Waals surface area contributed by atoms with Gasteiger partial charge in [0.25, 0.3) is 17.4 Å². The number of rotatable bonds is 10. The highest BCUT2D eigenvalue weighted by molar-refractivity contribution is 6.46. The van der Waals surface area contributed by atoms with Gasteiger partial charge in [0.1, 0.15) is 18.1 Å². The Balaban J connectivity index is 1.73. The number of carbonyl (C=O) groups is 2. The van der Waals surface area contributed by atoms with Crippen molar-refractivity contribution in [1.29, 1.82) is 0 Å². The Morgan fingerprint density at radius 1 is 1.19 bits per heavy atom. The van der Waals surface area contributed by atoms with E-state index in [1.54, 1.807) is 55.1 Å². The monoisotopic (exact) mass is 488 g/mol. The molecule has 36 heavy (non-hydrogen) atoms. The van der Waals surface area contributed by atoms with Crippen LogP contribution in [0.15, 0.2) is 85.5 Å². The van der Waals surface area contributed by atoms with Gasteiger partial charge in [0, 0.05) is 43.2 Å². The second-order valence-electron chi connectivity index (χ2n) is 8.12. The van der Waals surface area contributed by atoms with Crippen molar-refractivity contribution >= 4 is 23.1 Å². The Hall–Kier alpha value is -4.73. The molecule has 2 aromatic carbocycles. The van der Waals surface area contributed by atoms with Gasteiger partial charge >= 0.3 is 0 Å². The van der Waals surface area contributed by atoms with Crippen molar-refractivity contribution in [3.05, 3.63) is 107 Å². The largest absolute Gasteiger partial charge is 0.507 e. The number of nitro groups is 1. The number of carbonyl (C=O) groups excluding carboxylic acids is 2. The minimum absolute atomic E-state index is 0.122. The van der Waals surface area contributed by atoms with Crippen LogP contribution in [-0.4, -0.2) is 49.3 Å². The lowest BCUT2D eigenvalue weighted by molar-refractivity contribution is -0.384. The first-order valence-corrected chi connectivity index (χ1v) is 11.2. The highest BCUT2D eigenvalue weighted by Gasteiger charge is 2.46. The molecule has 1 N–H and O–H groups in total. The lowest BCUT2D eigenvalue weighted by Gasteiger charge is -2.25. The van der Waals surface area contributed by atoms with Crippen molar-refractivity contribution in [3.63, 3.8) is 0 Å². The highest BCUT2D eigenvalue weighted by atomic mass is 16.6. The van der Waals surface area contributed by atoms with Gasteiger partial charge in [-0.1, -0.05) is 24.8 Å². The van der Waals surface area contributed by atoms with Crippen molar-refractivity contribution in [2.45, 2.75) is 19.0 Å². The maximum atomic E-state index is 13.1. The molecule has 1 aromatic heterocycles. The van der Waals surface area contributed by atoms with Gasteiger partial charge in [0.15, 0.2) is 0 Å². The summed E-state index contributed by atoms with van der Waals surface area (Å²) >= 11 is 0. The summed E-state index contributed by atoms with van der Waals surface area (Å²) in [5, 5.41) is 22.6. The minimum atomic E-state index is -0.982. The number of ketones is 1. The van der Waals surface area contributed by atoms with Crippen LogP contribution in [-0.2, 0) is 16.1 Å². The number of aromatic nitrogens is 2. The summed E-state index contributed by atoms with van der Waals surface area (Å²) in [7, 11) is 0. The predicted molar refractivity (Wildman–Crippen MR) is 131 cm³/mol. The summed E-state index contributed by atoms with van der Waals surface area (Å²) < 4.78 is 7.30. The second-order valence-corrected chi connectivity index (χ2v) is 8.12. The highest BCUT2D eigenvalue weighted by Crippen LogP contribution is 2.40. The molecule has 1 aliphatic rings. The zero-order chi connectivity index (χ0) is 25.7. The lowest BCUT2D eigenvalue weighted by atomic mass is 9.95. The van der Waals surface area contributed by atoms with Crippen LogP contribution >= 0.6 is 0 Å². The topological polar surface area (TPSA) is 128 Å². The number of non-ortho nitro benzene ring substituents is 1. The fourth-order valence-electron chi connectivity index (χ4n) is 4.13. The number of aryl methyl sites for hydroxylation is 1. The SMILES string of the molecule is C=CCOc1ccc(C(O)=C2C(=O)C(=O)N(CCCn3ccnc3)[C@H]2c2cccc([N+](=O)[O-])c2)cc1. The van der Waals surface area contributed by atoms with E-state index in [1.807, 2.05) is 4.57 Å². The van der Waals surface area contributed by atoms with E-state index in [0.717, 1.165) is 0 Å². The number of aliphatic hydroxyl groups excluding tert-OH is 1. The summed E-state index contributed by atoms with van der Waals surface area (Å²) in [4.78, 5) is 42.4. The van der Waals surface area contributed by atoms with E-state index >= 15 is 0 Å². The fourth-order valence-corrected chi connectivity index (χ4v) is 4.13. The van der Waals surface area contributed by atoms with Gasteiger partial charge in [-0.3, -0.25) is 19.7 Å². The number of Topliss-reactive ketones (excluding diaryl/α,β-unsaturated/α-hetero) is 1. The van der Waals surface area contributed by atoms with Crippen LogP contribution in [0.3, 0.4) is 0 Å². The van der Waals surface area contributed by atoms with Crippen LogP contribution in [0.2, 0.25) is 0 Å². The third-order valence-corrected chi connectivity index (χ3v) is 5.81. The van der Waals surface area contributed by atoms with E-state index in [4.69, 9.17) is 4.74 Å². The van der Waals surface area contributed by atoms with E-state index < -0.39 is 22.7 Å². The number of hydrogen-bond donors (Lipinski definition) is 1. The van der Waals surface area contributed by atoms with E-state index in [1.165, 1.54) is 23.1 Å². The van der Waals surface area contributed by atoms with Gasteiger partial charge in [0.05, 0.1) is 22.9 Å². The van der Waals surface area contributed by atoms with Crippen LogP contribution in [0.25, 0.3) is 5.76 Å². The van der Waals surface area contributed by atoms with Gasteiger partial charge in [0.2, 0.25) is 0 Å². The van der Waals surface area contributed by atoms with Gasteiger partial charge in [-0.2, -0.15) is 0 Å². The van der Waals surface area contributed by atoms with E-state index in [2.05, 4.69) is 11.6 Å². The maximum absolute atomic E-state index is 13.1.